The molecular weight excluding hydrogens is 229 g/mol. The second kappa shape index (κ2) is 3.82. The van der Waals surface area contributed by atoms with Crippen LogP contribution in [0.4, 0.5) is 0 Å². The molecule has 0 spiro atoms. The van der Waals surface area contributed by atoms with E-state index in [4.69, 9.17) is 9.31 Å². The summed E-state index contributed by atoms with van der Waals surface area (Å²) in [7, 11) is -0.322. The van der Waals surface area contributed by atoms with Gasteiger partial charge in [0, 0.05) is 30.9 Å². The van der Waals surface area contributed by atoms with Crippen LogP contribution in [0.3, 0.4) is 0 Å². The van der Waals surface area contributed by atoms with Crippen LogP contribution in [-0.4, -0.2) is 41.2 Å². The second-order valence-electron chi connectivity index (χ2n) is 5.98. The van der Waals surface area contributed by atoms with Crippen LogP contribution in [0.5, 0.6) is 0 Å². The number of hydrogen-bond acceptors (Lipinski definition) is 4. The lowest BCUT2D eigenvalue weighted by molar-refractivity contribution is 0.00578. The van der Waals surface area contributed by atoms with Crippen molar-refractivity contribution in [1.29, 1.82) is 0 Å². The average molecular weight is 248 g/mol. The largest absolute Gasteiger partial charge is 0.498 e. The highest BCUT2D eigenvalue weighted by molar-refractivity contribution is 6.62. The van der Waals surface area contributed by atoms with Crippen molar-refractivity contribution in [3.8, 4) is 0 Å². The molecular formula is C12H19BN3O2. The zero-order chi connectivity index (χ0) is 13.0. The summed E-state index contributed by atoms with van der Waals surface area (Å²) in [6.07, 6.45) is 3.83. The van der Waals surface area contributed by atoms with Crippen molar-refractivity contribution in [2.24, 2.45) is 0 Å². The van der Waals surface area contributed by atoms with Crippen LogP contribution in [0.2, 0.25) is 0 Å². The van der Waals surface area contributed by atoms with Gasteiger partial charge in [-0.2, -0.15) is 5.10 Å². The Balaban J connectivity index is 1.78. The van der Waals surface area contributed by atoms with Gasteiger partial charge in [0.1, 0.15) is 6.04 Å². The van der Waals surface area contributed by atoms with Crippen molar-refractivity contribution in [2.75, 3.05) is 13.1 Å². The molecule has 6 heteroatoms. The van der Waals surface area contributed by atoms with Gasteiger partial charge < -0.3 is 14.6 Å². The van der Waals surface area contributed by atoms with Crippen molar-refractivity contribution in [3.63, 3.8) is 0 Å². The summed E-state index contributed by atoms with van der Waals surface area (Å²) in [6.45, 7) is 10.0. The summed E-state index contributed by atoms with van der Waals surface area (Å²) in [5.74, 6) is 0. The molecule has 0 unspecified atom stereocenters. The van der Waals surface area contributed by atoms with E-state index in [0.717, 1.165) is 18.6 Å². The molecule has 2 aliphatic rings. The maximum atomic E-state index is 5.99. The monoisotopic (exact) mass is 248 g/mol. The Hall–Kier alpha value is -0.845. The first-order valence-electron chi connectivity index (χ1n) is 6.35. The maximum Gasteiger partial charge on any atom is 0.498 e. The van der Waals surface area contributed by atoms with Crippen LogP contribution >= 0.6 is 0 Å². The Bertz CT molecular complexity index is 438. The molecule has 0 bridgehead atoms. The van der Waals surface area contributed by atoms with E-state index < -0.39 is 0 Å². The molecule has 2 saturated heterocycles. The van der Waals surface area contributed by atoms with E-state index in [1.807, 2.05) is 17.1 Å². The van der Waals surface area contributed by atoms with Crippen molar-refractivity contribution < 1.29 is 9.31 Å². The SMILES string of the molecule is CC1(C)OB(c2cnn([C]3CNC3)c2)OC1(C)C. The summed E-state index contributed by atoms with van der Waals surface area (Å²) in [4.78, 5) is 0. The Kier molecular flexibility index (Phi) is 2.59. The predicted molar refractivity (Wildman–Crippen MR) is 69.5 cm³/mol. The van der Waals surface area contributed by atoms with Crippen molar-refractivity contribution in [2.45, 2.75) is 38.9 Å². The van der Waals surface area contributed by atoms with E-state index in [-0.39, 0.29) is 18.3 Å². The van der Waals surface area contributed by atoms with E-state index >= 15 is 0 Å². The molecule has 1 radical (unpaired) electrons. The number of hydrogen-bond donors (Lipinski definition) is 1. The molecule has 2 aliphatic heterocycles. The zero-order valence-electron chi connectivity index (χ0n) is 11.4. The Morgan fingerprint density at radius 2 is 1.83 bits per heavy atom. The highest BCUT2D eigenvalue weighted by Crippen LogP contribution is 2.36. The zero-order valence-corrected chi connectivity index (χ0v) is 11.4. The van der Waals surface area contributed by atoms with Gasteiger partial charge in [-0.05, 0) is 27.7 Å². The fourth-order valence-corrected chi connectivity index (χ4v) is 2.01. The van der Waals surface area contributed by atoms with Crippen molar-refractivity contribution in [3.05, 3.63) is 18.4 Å². The molecule has 18 heavy (non-hydrogen) atoms. The number of rotatable bonds is 2. The van der Waals surface area contributed by atoms with Crippen molar-refractivity contribution >= 4 is 12.6 Å². The van der Waals surface area contributed by atoms with Crippen LogP contribution in [0.1, 0.15) is 27.7 Å². The molecule has 0 amide bonds. The molecule has 1 aromatic rings. The molecule has 2 fully saturated rings. The predicted octanol–water partition coefficient (Wildman–Crippen LogP) is 0.166. The molecule has 1 N–H and O–H groups in total. The summed E-state index contributed by atoms with van der Waals surface area (Å²) in [5, 5.41) is 7.56. The van der Waals surface area contributed by atoms with Gasteiger partial charge in [0.2, 0.25) is 0 Å². The second-order valence-corrected chi connectivity index (χ2v) is 5.98. The molecule has 3 rings (SSSR count). The summed E-state index contributed by atoms with van der Waals surface area (Å²) in [6, 6.07) is 1.28. The van der Waals surface area contributed by atoms with Crippen LogP contribution in [-0.2, 0) is 9.31 Å². The first-order chi connectivity index (χ1) is 8.39. The standard InChI is InChI=1S/C12H19BN3O2/c1-11(2)12(3,4)18-13(17-11)9-5-15-16(8-9)10-6-14-7-10/h5,8,14H,6-7H2,1-4H3. The van der Waals surface area contributed by atoms with Gasteiger partial charge in [-0.1, -0.05) is 0 Å². The molecule has 0 saturated carbocycles. The highest BCUT2D eigenvalue weighted by atomic mass is 16.7. The van der Waals surface area contributed by atoms with Gasteiger partial charge in [-0.3, -0.25) is 4.68 Å². The lowest BCUT2D eigenvalue weighted by atomic mass is 9.82. The lowest BCUT2D eigenvalue weighted by Gasteiger charge is -2.32. The van der Waals surface area contributed by atoms with Gasteiger partial charge >= 0.3 is 7.12 Å². The number of nitrogens with zero attached hydrogens (tertiary/aromatic N) is 2. The highest BCUT2D eigenvalue weighted by Gasteiger charge is 2.52. The minimum absolute atomic E-state index is 0.301. The Labute approximate surface area is 108 Å². The number of nitrogens with one attached hydrogen (secondary N) is 1. The molecule has 1 aromatic heterocycles. The third-order valence-corrected chi connectivity index (χ3v) is 4.11. The third kappa shape index (κ3) is 1.79. The van der Waals surface area contributed by atoms with Crippen molar-refractivity contribution in [1.82, 2.24) is 15.1 Å². The van der Waals surface area contributed by atoms with E-state index in [2.05, 4.69) is 38.1 Å². The third-order valence-electron chi connectivity index (χ3n) is 4.11. The first-order valence-corrected chi connectivity index (χ1v) is 6.35. The fourth-order valence-electron chi connectivity index (χ4n) is 2.01. The minimum atomic E-state index is -0.322. The summed E-state index contributed by atoms with van der Waals surface area (Å²) in [5.41, 5.74) is 0.378. The van der Waals surface area contributed by atoms with Gasteiger partial charge in [-0.25, -0.2) is 0 Å². The maximum absolute atomic E-state index is 5.99. The summed E-state index contributed by atoms with van der Waals surface area (Å²) < 4.78 is 13.9. The molecule has 5 nitrogen and oxygen atoms in total. The van der Waals surface area contributed by atoms with Gasteiger partial charge in [0.05, 0.1) is 11.2 Å². The Morgan fingerprint density at radius 1 is 1.22 bits per heavy atom. The smallest absolute Gasteiger partial charge is 0.399 e. The molecule has 0 atom stereocenters. The van der Waals surface area contributed by atoms with Crippen LogP contribution in [0.15, 0.2) is 12.4 Å². The van der Waals surface area contributed by atoms with Gasteiger partial charge in [-0.15, -0.1) is 0 Å². The van der Waals surface area contributed by atoms with Gasteiger partial charge in [0.25, 0.3) is 0 Å². The van der Waals surface area contributed by atoms with E-state index in [0.29, 0.717) is 0 Å². The fraction of sp³-hybridized carbons (Fsp3) is 0.667. The molecule has 0 aromatic carbocycles. The minimum Gasteiger partial charge on any atom is -0.399 e. The van der Waals surface area contributed by atoms with E-state index in [1.165, 1.54) is 6.04 Å². The van der Waals surface area contributed by atoms with Gasteiger partial charge in [0.15, 0.2) is 0 Å². The first kappa shape index (κ1) is 12.2. The van der Waals surface area contributed by atoms with Crippen LogP contribution < -0.4 is 10.8 Å². The molecule has 97 valence electrons. The number of aromatic nitrogens is 2. The quantitative estimate of drug-likeness (QED) is 0.758. The molecule has 3 heterocycles. The van der Waals surface area contributed by atoms with E-state index in [1.54, 1.807) is 0 Å². The van der Waals surface area contributed by atoms with E-state index in [9.17, 15) is 0 Å². The van der Waals surface area contributed by atoms with Crippen LogP contribution in [0, 0.1) is 6.04 Å². The topological polar surface area (TPSA) is 48.3 Å². The molecule has 0 aliphatic carbocycles. The normalized spacial score (nSPS) is 26.3. The Morgan fingerprint density at radius 3 is 2.33 bits per heavy atom. The average Bonchev–Trinajstić information content (AvgIpc) is 2.68. The lowest BCUT2D eigenvalue weighted by Crippen LogP contribution is -2.44. The summed E-state index contributed by atoms with van der Waals surface area (Å²) >= 11 is 0. The van der Waals surface area contributed by atoms with Crippen LogP contribution in [0.25, 0.3) is 0 Å².